The van der Waals surface area contributed by atoms with Crippen LogP contribution in [0.3, 0.4) is 0 Å². The molecule has 0 spiro atoms. The van der Waals surface area contributed by atoms with E-state index >= 15 is 0 Å². The van der Waals surface area contributed by atoms with Gasteiger partial charge in [0.1, 0.15) is 11.5 Å². The fourth-order valence-corrected chi connectivity index (χ4v) is 3.07. The number of nitrogens with zero attached hydrogens (tertiary/aromatic N) is 1. The lowest BCUT2D eigenvalue weighted by Crippen LogP contribution is -2.08. The fourth-order valence-electron chi connectivity index (χ4n) is 3.07. The quantitative estimate of drug-likeness (QED) is 0.220. The summed E-state index contributed by atoms with van der Waals surface area (Å²) < 4.78 is 11.2. The molecule has 0 aliphatic heterocycles. The van der Waals surface area contributed by atoms with E-state index in [2.05, 4.69) is 24.9 Å². The summed E-state index contributed by atoms with van der Waals surface area (Å²) in [7, 11) is 0. The molecule has 30 heavy (non-hydrogen) atoms. The number of pyridine rings is 1. The third kappa shape index (κ3) is 6.18. The van der Waals surface area contributed by atoms with Gasteiger partial charge in [-0.15, -0.1) is 0 Å². The van der Waals surface area contributed by atoms with Crippen molar-refractivity contribution in [1.29, 1.82) is 0 Å². The second-order valence-corrected chi connectivity index (χ2v) is 7.25. The summed E-state index contributed by atoms with van der Waals surface area (Å²) in [5.41, 5.74) is 3.55. The molecule has 0 N–H and O–H groups in total. The van der Waals surface area contributed by atoms with Gasteiger partial charge in [0.15, 0.2) is 0 Å². The SMILES string of the molecule is CCCCCCOc1ccc(OC(=O)c2ccc(-c3ccc(CC)cn3)cc2)cc1. The van der Waals surface area contributed by atoms with E-state index in [1.807, 2.05) is 36.5 Å². The highest BCUT2D eigenvalue weighted by molar-refractivity contribution is 5.91. The lowest BCUT2D eigenvalue weighted by Gasteiger charge is -2.08. The normalized spacial score (nSPS) is 10.6. The minimum atomic E-state index is -0.385. The molecule has 1 heterocycles. The van der Waals surface area contributed by atoms with Gasteiger partial charge in [-0.2, -0.15) is 0 Å². The molecular formula is C26H29NO3. The second-order valence-electron chi connectivity index (χ2n) is 7.25. The molecule has 1 aromatic heterocycles. The van der Waals surface area contributed by atoms with Gasteiger partial charge in [-0.05, 0) is 60.9 Å². The van der Waals surface area contributed by atoms with Gasteiger partial charge in [0, 0.05) is 11.8 Å². The van der Waals surface area contributed by atoms with Crippen molar-refractivity contribution in [1.82, 2.24) is 4.98 Å². The summed E-state index contributed by atoms with van der Waals surface area (Å²) in [5.74, 6) is 0.903. The topological polar surface area (TPSA) is 48.4 Å². The number of rotatable bonds is 10. The maximum absolute atomic E-state index is 12.4. The Kier molecular flexibility index (Phi) is 8.02. The van der Waals surface area contributed by atoms with E-state index in [4.69, 9.17) is 9.47 Å². The molecule has 2 aromatic carbocycles. The number of carbonyl (C=O) groups is 1. The molecule has 0 unspecified atom stereocenters. The van der Waals surface area contributed by atoms with Gasteiger partial charge < -0.3 is 9.47 Å². The van der Waals surface area contributed by atoms with Gasteiger partial charge in [0.05, 0.1) is 17.9 Å². The minimum absolute atomic E-state index is 0.385. The maximum Gasteiger partial charge on any atom is 0.343 e. The summed E-state index contributed by atoms with van der Waals surface area (Å²) >= 11 is 0. The number of carbonyl (C=O) groups excluding carboxylic acids is 1. The number of aromatic nitrogens is 1. The third-order valence-corrected chi connectivity index (χ3v) is 4.95. The van der Waals surface area contributed by atoms with Crippen LogP contribution in [-0.4, -0.2) is 17.6 Å². The molecule has 0 aliphatic rings. The Labute approximate surface area is 178 Å². The van der Waals surface area contributed by atoms with E-state index in [1.165, 1.54) is 24.8 Å². The van der Waals surface area contributed by atoms with E-state index in [9.17, 15) is 4.79 Å². The molecule has 0 bridgehead atoms. The Bertz CT molecular complexity index is 916. The number of esters is 1. The van der Waals surface area contributed by atoms with Gasteiger partial charge in [0.25, 0.3) is 0 Å². The molecule has 4 heteroatoms. The molecule has 156 valence electrons. The molecule has 3 aromatic rings. The number of benzene rings is 2. The van der Waals surface area contributed by atoms with Crippen molar-refractivity contribution in [3.8, 4) is 22.8 Å². The zero-order valence-corrected chi connectivity index (χ0v) is 17.8. The van der Waals surface area contributed by atoms with Crippen LogP contribution >= 0.6 is 0 Å². The highest BCUT2D eigenvalue weighted by atomic mass is 16.5. The first-order chi connectivity index (χ1) is 14.7. The smallest absolute Gasteiger partial charge is 0.343 e. The zero-order chi connectivity index (χ0) is 21.2. The first-order valence-corrected chi connectivity index (χ1v) is 10.7. The number of unbranched alkanes of at least 4 members (excludes halogenated alkanes) is 3. The van der Waals surface area contributed by atoms with E-state index in [0.717, 1.165) is 29.8 Å². The molecule has 0 atom stereocenters. The predicted octanol–water partition coefficient (Wildman–Crippen LogP) is 6.49. The van der Waals surface area contributed by atoms with Crippen molar-refractivity contribution in [2.75, 3.05) is 6.61 Å². The standard InChI is InChI=1S/C26H29NO3/c1-3-5-6-7-18-29-23-13-15-24(16-14-23)30-26(28)22-11-9-21(10-12-22)25-17-8-20(4-2)19-27-25/h8-17,19H,3-7,18H2,1-2H3. The van der Waals surface area contributed by atoms with Gasteiger partial charge in [-0.3, -0.25) is 4.98 Å². The second kappa shape index (κ2) is 11.1. The molecule has 4 nitrogen and oxygen atoms in total. The molecule has 3 rings (SSSR count). The minimum Gasteiger partial charge on any atom is -0.494 e. The largest absolute Gasteiger partial charge is 0.494 e. The van der Waals surface area contributed by atoms with Crippen molar-refractivity contribution < 1.29 is 14.3 Å². The summed E-state index contributed by atoms with van der Waals surface area (Å²) in [5, 5.41) is 0. The predicted molar refractivity (Wildman–Crippen MR) is 120 cm³/mol. The van der Waals surface area contributed by atoms with E-state index < -0.39 is 0 Å². The van der Waals surface area contributed by atoms with Crippen LogP contribution in [0.15, 0.2) is 66.9 Å². The van der Waals surface area contributed by atoms with Crippen LogP contribution in [-0.2, 0) is 6.42 Å². The van der Waals surface area contributed by atoms with E-state index in [1.54, 1.807) is 24.3 Å². The molecular weight excluding hydrogens is 374 g/mol. The van der Waals surface area contributed by atoms with Crippen LogP contribution in [0.25, 0.3) is 11.3 Å². The number of hydrogen-bond donors (Lipinski definition) is 0. The summed E-state index contributed by atoms with van der Waals surface area (Å²) in [6.45, 7) is 5.01. The summed E-state index contributed by atoms with van der Waals surface area (Å²) in [4.78, 5) is 16.9. The Morgan fingerprint density at radius 2 is 1.57 bits per heavy atom. The molecule has 0 radical (unpaired) electrons. The number of aryl methyl sites for hydroxylation is 1. The van der Waals surface area contributed by atoms with Crippen molar-refractivity contribution in [3.63, 3.8) is 0 Å². The van der Waals surface area contributed by atoms with Crippen LogP contribution in [0, 0.1) is 0 Å². The van der Waals surface area contributed by atoms with Crippen molar-refractivity contribution in [2.24, 2.45) is 0 Å². The fraction of sp³-hybridized carbons (Fsp3) is 0.308. The van der Waals surface area contributed by atoms with Gasteiger partial charge in [0.2, 0.25) is 0 Å². The lowest BCUT2D eigenvalue weighted by molar-refractivity contribution is 0.0734. The molecule has 0 saturated heterocycles. The van der Waals surface area contributed by atoms with Gasteiger partial charge >= 0.3 is 5.97 Å². The van der Waals surface area contributed by atoms with Crippen molar-refractivity contribution >= 4 is 5.97 Å². The van der Waals surface area contributed by atoms with Gasteiger partial charge in [-0.25, -0.2) is 4.79 Å². The number of ether oxygens (including phenoxy) is 2. The van der Waals surface area contributed by atoms with Crippen molar-refractivity contribution in [2.45, 2.75) is 46.0 Å². The van der Waals surface area contributed by atoms with E-state index in [0.29, 0.717) is 17.9 Å². The average molecular weight is 404 g/mol. The van der Waals surface area contributed by atoms with Crippen LogP contribution < -0.4 is 9.47 Å². The van der Waals surface area contributed by atoms with Crippen LogP contribution in [0.1, 0.15) is 55.5 Å². The number of hydrogen-bond acceptors (Lipinski definition) is 4. The Balaban J connectivity index is 1.53. The summed E-state index contributed by atoms with van der Waals surface area (Å²) in [6.07, 6.45) is 7.54. The lowest BCUT2D eigenvalue weighted by atomic mass is 10.1. The van der Waals surface area contributed by atoms with Crippen LogP contribution in [0.2, 0.25) is 0 Å². The molecule has 0 fully saturated rings. The first-order valence-electron chi connectivity index (χ1n) is 10.7. The first kappa shape index (κ1) is 21.6. The summed E-state index contributed by atoms with van der Waals surface area (Å²) in [6, 6.07) is 18.6. The molecule has 0 aliphatic carbocycles. The van der Waals surface area contributed by atoms with Crippen LogP contribution in [0.4, 0.5) is 0 Å². The van der Waals surface area contributed by atoms with Crippen molar-refractivity contribution in [3.05, 3.63) is 78.0 Å². The monoisotopic (exact) mass is 403 g/mol. The highest BCUT2D eigenvalue weighted by Gasteiger charge is 2.10. The molecule has 0 saturated carbocycles. The zero-order valence-electron chi connectivity index (χ0n) is 17.8. The third-order valence-electron chi connectivity index (χ3n) is 4.95. The van der Waals surface area contributed by atoms with Gasteiger partial charge in [-0.1, -0.05) is 51.3 Å². The Hall–Kier alpha value is -3.14. The van der Waals surface area contributed by atoms with Crippen LogP contribution in [0.5, 0.6) is 11.5 Å². The maximum atomic E-state index is 12.4. The molecule has 0 amide bonds. The van der Waals surface area contributed by atoms with E-state index in [-0.39, 0.29) is 5.97 Å². The Morgan fingerprint density at radius 3 is 2.20 bits per heavy atom. The highest BCUT2D eigenvalue weighted by Crippen LogP contribution is 2.21. The average Bonchev–Trinajstić information content (AvgIpc) is 2.80. The Morgan fingerprint density at radius 1 is 0.833 bits per heavy atom.